The van der Waals surface area contributed by atoms with E-state index in [1.54, 1.807) is 5.56 Å². The minimum Gasteiger partial charge on any atom is -0.0622 e. The molecule has 0 unspecified atom stereocenters. The highest BCUT2D eigenvalue weighted by atomic mass is 14.2. The Bertz CT molecular complexity index is 459. The Kier molecular flexibility index (Phi) is 1.66. The van der Waals surface area contributed by atoms with Gasteiger partial charge in [0.15, 0.2) is 0 Å². The lowest BCUT2D eigenvalue weighted by Gasteiger charge is -2.23. The topological polar surface area (TPSA) is 0 Å². The van der Waals surface area contributed by atoms with E-state index in [4.69, 9.17) is 0 Å². The Morgan fingerprint density at radius 2 is 1.64 bits per heavy atom. The SMILES string of the molecule is C1=C\C=C/c2c(ccc3c2CC3)\C=C/1. The zero-order valence-electron chi connectivity index (χ0n) is 8.03. The first-order valence-corrected chi connectivity index (χ1v) is 5.11. The first-order valence-electron chi connectivity index (χ1n) is 5.11. The lowest BCUT2D eigenvalue weighted by atomic mass is 9.82. The van der Waals surface area contributed by atoms with Crippen LogP contribution in [-0.2, 0) is 12.8 Å². The van der Waals surface area contributed by atoms with Gasteiger partial charge in [0, 0.05) is 0 Å². The number of hydrogen-bond donors (Lipinski definition) is 0. The normalized spacial score (nSPS) is 23.4. The van der Waals surface area contributed by atoms with Crippen LogP contribution in [0, 0.1) is 0 Å². The van der Waals surface area contributed by atoms with E-state index < -0.39 is 0 Å². The van der Waals surface area contributed by atoms with E-state index in [1.165, 1.54) is 29.5 Å². The third-order valence-electron chi connectivity index (χ3n) is 3.00. The van der Waals surface area contributed by atoms with Crippen molar-refractivity contribution >= 4 is 12.2 Å². The van der Waals surface area contributed by atoms with Crippen LogP contribution in [0.5, 0.6) is 0 Å². The molecule has 1 aromatic carbocycles. The number of allylic oxidation sites excluding steroid dienone is 4. The standard InChI is InChI=1S/C14H12/c1-2-4-6-13-11(5-3-1)7-8-12-9-10-14(12)13/h1-8H,9-10H2/b2-1-,3-1?,4-2?,5-3-,6-4-,11-5?,13-6?. The molecule has 0 saturated heterocycles. The van der Waals surface area contributed by atoms with Crippen molar-refractivity contribution in [3.05, 3.63) is 58.7 Å². The summed E-state index contributed by atoms with van der Waals surface area (Å²) in [5.41, 5.74) is 5.86. The summed E-state index contributed by atoms with van der Waals surface area (Å²) in [7, 11) is 0. The van der Waals surface area contributed by atoms with Gasteiger partial charge < -0.3 is 0 Å². The number of benzene rings is 1. The number of rotatable bonds is 0. The first kappa shape index (κ1) is 7.81. The lowest BCUT2D eigenvalue weighted by molar-refractivity contribution is 0.835. The van der Waals surface area contributed by atoms with E-state index in [-0.39, 0.29) is 0 Å². The largest absolute Gasteiger partial charge is 0.0622 e. The van der Waals surface area contributed by atoms with Crippen molar-refractivity contribution in [3.63, 3.8) is 0 Å². The molecule has 0 N–H and O–H groups in total. The molecule has 0 amide bonds. The Morgan fingerprint density at radius 1 is 0.786 bits per heavy atom. The third kappa shape index (κ3) is 1.07. The van der Waals surface area contributed by atoms with Crippen molar-refractivity contribution in [1.29, 1.82) is 0 Å². The maximum atomic E-state index is 2.27. The minimum absolute atomic E-state index is 1.25. The van der Waals surface area contributed by atoms with Crippen LogP contribution >= 0.6 is 0 Å². The summed E-state index contributed by atoms with van der Waals surface area (Å²) in [6.45, 7) is 0. The predicted molar refractivity (Wildman–Crippen MR) is 61.1 cm³/mol. The summed E-state index contributed by atoms with van der Waals surface area (Å²) in [6, 6.07) is 4.49. The average Bonchev–Trinajstić information content (AvgIpc) is 2.10. The molecule has 2 aliphatic rings. The monoisotopic (exact) mass is 180 g/mol. The fraction of sp³-hybridized carbons (Fsp3) is 0.143. The second-order valence-corrected chi connectivity index (χ2v) is 3.81. The van der Waals surface area contributed by atoms with Gasteiger partial charge in [0.2, 0.25) is 0 Å². The molecule has 68 valence electrons. The lowest BCUT2D eigenvalue weighted by Crippen LogP contribution is -2.11. The van der Waals surface area contributed by atoms with Gasteiger partial charge in [0.25, 0.3) is 0 Å². The second-order valence-electron chi connectivity index (χ2n) is 3.81. The fourth-order valence-electron chi connectivity index (χ4n) is 2.12. The van der Waals surface area contributed by atoms with Crippen LogP contribution in [-0.4, -0.2) is 0 Å². The third-order valence-corrected chi connectivity index (χ3v) is 3.00. The minimum atomic E-state index is 1.25. The molecule has 3 rings (SSSR count). The Balaban J connectivity index is 2.24. The van der Waals surface area contributed by atoms with Gasteiger partial charge in [-0.1, -0.05) is 48.6 Å². The summed E-state index contributed by atoms with van der Waals surface area (Å²) in [4.78, 5) is 0. The molecule has 1 aromatic rings. The Hall–Kier alpha value is -1.56. The molecule has 0 heterocycles. The Morgan fingerprint density at radius 3 is 2.43 bits per heavy atom. The van der Waals surface area contributed by atoms with Crippen LogP contribution in [0.4, 0.5) is 0 Å². The quantitative estimate of drug-likeness (QED) is 0.574. The van der Waals surface area contributed by atoms with Gasteiger partial charge in [-0.3, -0.25) is 0 Å². The van der Waals surface area contributed by atoms with Crippen molar-refractivity contribution in [1.82, 2.24) is 0 Å². The number of hydrogen-bond acceptors (Lipinski definition) is 0. The van der Waals surface area contributed by atoms with E-state index in [0.717, 1.165) is 0 Å². The molecular formula is C14H12. The molecule has 2 aliphatic carbocycles. The molecule has 0 fully saturated rings. The molecule has 0 heteroatoms. The molecule has 0 radical (unpaired) electrons. The number of fused-ring (bicyclic) bond motifs is 3. The molecule has 0 aromatic heterocycles. The first-order chi connectivity index (χ1) is 6.95. The van der Waals surface area contributed by atoms with Crippen molar-refractivity contribution < 1.29 is 0 Å². The van der Waals surface area contributed by atoms with Crippen LogP contribution < -0.4 is 0 Å². The van der Waals surface area contributed by atoms with Crippen molar-refractivity contribution in [2.75, 3.05) is 0 Å². The number of aryl methyl sites for hydroxylation is 1. The zero-order valence-corrected chi connectivity index (χ0v) is 8.03. The van der Waals surface area contributed by atoms with Crippen molar-refractivity contribution in [2.45, 2.75) is 12.8 Å². The second kappa shape index (κ2) is 2.98. The van der Waals surface area contributed by atoms with Crippen molar-refractivity contribution in [2.24, 2.45) is 0 Å². The highest BCUT2D eigenvalue weighted by molar-refractivity contribution is 5.72. The zero-order chi connectivity index (χ0) is 9.38. The highest BCUT2D eigenvalue weighted by Crippen LogP contribution is 2.31. The molecule has 0 spiro atoms. The van der Waals surface area contributed by atoms with E-state index in [0.29, 0.717) is 0 Å². The van der Waals surface area contributed by atoms with Gasteiger partial charge in [0.05, 0.1) is 0 Å². The van der Waals surface area contributed by atoms with Crippen LogP contribution in [0.1, 0.15) is 22.3 Å². The Labute approximate surface area is 84.3 Å². The molecular weight excluding hydrogens is 168 g/mol. The highest BCUT2D eigenvalue weighted by Gasteiger charge is 2.17. The summed E-state index contributed by atoms with van der Waals surface area (Å²) in [5.74, 6) is 0. The maximum absolute atomic E-state index is 2.27. The van der Waals surface area contributed by atoms with E-state index >= 15 is 0 Å². The molecule has 14 heavy (non-hydrogen) atoms. The average molecular weight is 180 g/mol. The van der Waals surface area contributed by atoms with Crippen LogP contribution in [0.3, 0.4) is 0 Å². The summed E-state index contributed by atoms with van der Waals surface area (Å²) in [6.07, 6.45) is 15.3. The van der Waals surface area contributed by atoms with Gasteiger partial charge in [-0.2, -0.15) is 0 Å². The van der Waals surface area contributed by atoms with E-state index in [9.17, 15) is 0 Å². The van der Waals surface area contributed by atoms with Gasteiger partial charge >= 0.3 is 0 Å². The fourth-order valence-corrected chi connectivity index (χ4v) is 2.12. The predicted octanol–water partition coefficient (Wildman–Crippen LogP) is 3.38. The summed E-state index contributed by atoms with van der Waals surface area (Å²) < 4.78 is 0. The van der Waals surface area contributed by atoms with Gasteiger partial charge in [-0.05, 0) is 35.1 Å². The molecule has 0 nitrogen and oxygen atoms in total. The van der Waals surface area contributed by atoms with Gasteiger partial charge in [0.1, 0.15) is 0 Å². The molecule has 0 saturated carbocycles. The van der Waals surface area contributed by atoms with Gasteiger partial charge in [-0.25, -0.2) is 0 Å². The maximum Gasteiger partial charge on any atom is -0.0149 e. The van der Waals surface area contributed by atoms with Gasteiger partial charge in [-0.15, -0.1) is 0 Å². The van der Waals surface area contributed by atoms with Crippen molar-refractivity contribution in [3.8, 4) is 0 Å². The van der Waals surface area contributed by atoms with E-state index in [2.05, 4.69) is 48.6 Å². The van der Waals surface area contributed by atoms with Crippen LogP contribution in [0.15, 0.2) is 36.4 Å². The molecule has 0 aliphatic heterocycles. The summed E-state index contributed by atoms with van der Waals surface area (Å²) >= 11 is 0. The smallest absolute Gasteiger partial charge is 0.0149 e. The van der Waals surface area contributed by atoms with Crippen LogP contribution in [0.25, 0.3) is 12.2 Å². The molecule has 0 bridgehead atoms. The van der Waals surface area contributed by atoms with E-state index in [1.807, 2.05) is 0 Å². The molecule has 0 atom stereocenters. The summed E-state index contributed by atoms with van der Waals surface area (Å²) in [5, 5.41) is 0. The van der Waals surface area contributed by atoms with Crippen LogP contribution in [0.2, 0.25) is 0 Å².